The van der Waals surface area contributed by atoms with E-state index in [1.165, 1.54) is 51.0 Å². The average molecular weight is 293 g/mol. The van der Waals surface area contributed by atoms with Gasteiger partial charge in [-0.2, -0.15) is 0 Å². The predicted octanol–water partition coefficient (Wildman–Crippen LogP) is 3.53. The number of aromatic nitrogens is 1. The minimum absolute atomic E-state index is 0.230. The van der Waals surface area contributed by atoms with Crippen molar-refractivity contribution in [3.8, 4) is 0 Å². The number of rotatable bonds is 7. The standard InChI is InChI=1S/C17H28FN3/c1-2-10-19-17(16-8-7-15(18)14-20-16)9-13-21-11-5-3-4-6-12-21/h7-8,14,17,19H,2-6,9-13H2,1H3. The second kappa shape index (κ2) is 9.11. The summed E-state index contributed by atoms with van der Waals surface area (Å²) in [6.45, 7) is 6.68. The van der Waals surface area contributed by atoms with Crippen molar-refractivity contribution in [3.05, 3.63) is 29.8 Å². The summed E-state index contributed by atoms with van der Waals surface area (Å²) in [6, 6.07) is 3.55. The number of nitrogens with zero attached hydrogens (tertiary/aromatic N) is 2. The Morgan fingerprint density at radius 2 is 2.00 bits per heavy atom. The number of likely N-dealkylation sites (tertiary alicyclic amines) is 1. The van der Waals surface area contributed by atoms with Crippen LogP contribution in [-0.2, 0) is 0 Å². The number of nitrogens with one attached hydrogen (secondary N) is 1. The lowest BCUT2D eigenvalue weighted by molar-refractivity contribution is 0.265. The van der Waals surface area contributed by atoms with E-state index in [1.54, 1.807) is 0 Å². The molecule has 0 aliphatic carbocycles. The van der Waals surface area contributed by atoms with E-state index in [4.69, 9.17) is 0 Å². The molecule has 2 heterocycles. The Hall–Kier alpha value is -1.00. The van der Waals surface area contributed by atoms with Gasteiger partial charge in [-0.25, -0.2) is 4.39 Å². The van der Waals surface area contributed by atoms with Crippen molar-refractivity contribution in [1.82, 2.24) is 15.2 Å². The van der Waals surface area contributed by atoms with E-state index in [2.05, 4.69) is 22.1 Å². The van der Waals surface area contributed by atoms with Gasteiger partial charge in [0.15, 0.2) is 0 Å². The van der Waals surface area contributed by atoms with Gasteiger partial charge in [0.05, 0.1) is 17.9 Å². The molecular formula is C17H28FN3. The highest BCUT2D eigenvalue weighted by atomic mass is 19.1. The van der Waals surface area contributed by atoms with Crippen LogP contribution < -0.4 is 5.32 Å². The van der Waals surface area contributed by atoms with Crippen molar-refractivity contribution in [2.75, 3.05) is 26.2 Å². The Kier molecular flexibility index (Phi) is 7.10. The van der Waals surface area contributed by atoms with E-state index in [0.29, 0.717) is 0 Å². The van der Waals surface area contributed by atoms with Crippen LogP contribution >= 0.6 is 0 Å². The fourth-order valence-corrected chi connectivity index (χ4v) is 2.94. The zero-order chi connectivity index (χ0) is 14.9. The van der Waals surface area contributed by atoms with Gasteiger partial charge in [-0.3, -0.25) is 4.98 Å². The summed E-state index contributed by atoms with van der Waals surface area (Å²) in [6.07, 6.45) is 8.84. The summed E-state index contributed by atoms with van der Waals surface area (Å²) in [5.74, 6) is -0.263. The zero-order valence-corrected chi connectivity index (χ0v) is 13.2. The van der Waals surface area contributed by atoms with Crippen molar-refractivity contribution in [1.29, 1.82) is 0 Å². The molecule has 0 amide bonds. The van der Waals surface area contributed by atoms with Gasteiger partial charge in [0.2, 0.25) is 0 Å². The van der Waals surface area contributed by atoms with E-state index >= 15 is 0 Å². The van der Waals surface area contributed by atoms with E-state index in [1.807, 2.05) is 6.07 Å². The molecule has 1 N–H and O–H groups in total. The largest absolute Gasteiger partial charge is 0.309 e. The molecule has 1 aromatic rings. The molecule has 1 unspecified atom stereocenters. The first-order valence-corrected chi connectivity index (χ1v) is 8.37. The third-order valence-electron chi connectivity index (χ3n) is 4.18. The third-order valence-corrected chi connectivity index (χ3v) is 4.18. The second-order valence-electron chi connectivity index (χ2n) is 5.95. The first-order chi connectivity index (χ1) is 10.3. The maximum atomic E-state index is 13.0. The summed E-state index contributed by atoms with van der Waals surface area (Å²) in [7, 11) is 0. The topological polar surface area (TPSA) is 28.2 Å². The number of hydrogen-bond donors (Lipinski definition) is 1. The van der Waals surface area contributed by atoms with E-state index in [0.717, 1.165) is 31.6 Å². The van der Waals surface area contributed by atoms with Gasteiger partial charge < -0.3 is 10.2 Å². The molecule has 2 rings (SSSR count). The summed E-state index contributed by atoms with van der Waals surface area (Å²) in [5.41, 5.74) is 0.958. The molecule has 1 fully saturated rings. The summed E-state index contributed by atoms with van der Waals surface area (Å²) < 4.78 is 13.0. The van der Waals surface area contributed by atoms with Gasteiger partial charge in [0, 0.05) is 0 Å². The van der Waals surface area contributed by atoms with Crippen LogP contribution in [0.1, 0.15) is 57.2 Å². The molecule has 1 aliphatic heterocycles. The lowest BCUT2D eigenvalue weighted by atomic mass is 10.1. The minimum Gasteiger partial charge on any atom is -0.309 e. The van der Waals surface area contributed by atoms with Crippen molar-refractivity contribution in [3.63, 3.8) is 0 Å². The smallest absolute Gasteiger partial charge is 0.141 e. The third kappa shape index (κ3) is 5.71. The lowest BCUT2D eigenvalue weighted by Gasteiger charge is -2.24. The molecule has 1 aliphatic rings. The lowest BCUT2D eigenvalue weighted by Crippen LogP contribution is -2.31. The predicted molar refractivity (Wildman–Crippen MR) is 84.8 cm³/mol. The summed E-state index contributed by atoms with van der Waals surface area (Å²) in [5, 5.41) is 3.55. The molecule has 0 bridgehead atoms. The van der Waals surface area contributed by atoms with E-state index in [-0.39, 0.29) is 11.9 Å². The highest BCUT2D eigenvalue weighted by Gasteiger charge is 2.15. The Balaban J connectivity index is 1.90. The number of hydrogen-bond acceptors (Lipinski definition) is 3. The van der Waals surface area contributed by atoms with Crippen LogP contribution in [0.3, 0.4) is 0 Å². The van der Waals surface area contributed by atoms with Crippen LogP contribution in [0.4, 0.5) is 4.39 Å². The first kappa shape index (κ1) is 16.4. The number of halogens is 1. The Bertz CT molecular complexity index is 386. The number of pyridine rings is 1. The molecular weight excluding hydrogens is 265 g/mol. The molecule has 0 spiro atoms. The molecule has 21 heavy (non-hydrogen) atoms. The van der Waals surface area contributed by atoms with E-state index in [9.17, 15) is 4.39 Å². The highest BCUT2D eigenvalue weighted by molar-refractivity contribution is 5.10. The fourth-order valence-electron chi connectivity index (χ4n) is 2.94. The van der Waals surface area contributed by atoms with Crippen LogP contribution in [0.5, 0.6) is 0 Å². The summed E-state index contributed by atoms with van der Waals surface area (Å²) in [4.78, 5) is 6.82. The van der Waals surface area contributed by atoms with Gasteiger partial charge in [-0.05, 0) is 64.0 Å². The maximum absolute atomic E-state index is 13.0. The molecule has 0 radical (unpaired) electrons. The van der Waals surface area contributed by atoms with E-state index < -0.39 is 0 Å². The van der Waals surface area contributed by atoms with Crippen molar-refractivity contribution >= 4 is 0 Å². The Labute approximate surface area is 127 Å². The fraction of sp³-hybridized carbons (Fsp3) is 0.706. The highest BCUT2D eigenvalue weighted by Crippen LogP contribution is 2.17. The van der Waals surface area contributed by atoms with Crippen LogP contribution in [0.2, 0.25) is 0 Å². The van der Waals surface area contributed by atoms with Crippen LogP contribution in [0.15, 0.2) is 18.3 Å². The van der Waals surface area contributed by atoms with Crippen molar-refractivity contribution in [2.45, 2.75) is 51.5 Å². The molecule has 4 heteroatoms. The first-order valence-electron chi connectivity index (χ1n) is 8.37. The van der Waals surface area contributed by atoms with Crippen molar-refractivity contribution < 1.29 is 4.39 Å². The molecule has 118 valence electrons. The summed E-state index contributed by atoms with van der Waals surface area (Å²) >= 11 is 0. The van der Waals surface area contributed by atoms with Crippen LogP contribution in [0, 0.1) is 5.82 Å². The van der Waals surface area contributed by atoms with Gasteiger partial charge in [0.25, 0.3) is 0 Å². The zero-order valence-electron chi connectivity index (χ0n) is 13.2. The molecule has 0 aromatic carbocycles. The monoisotopic (exact) mass is 293 g/mol. The average Bonchev–Trinajstić information content (AvgIpc) is 2.77. The minimum atomic E-state index is -0.263. The Morgan fingerprint density at radius 1 is 1.24 bits per heavy atom. The molecule has 3 nitrogen and oxygen atoms in total. The second-order valence-corrected chi connectivity index (χ2v) is 5.95. The van der Waals surface area contributed by atoms with Crippen LogP contribution in [-0.4, -0.2) is 36.1 Å². The Morgan fingerprint density at radius 3 is 2.62 bits per heavy atom. The normalized spacial score (nSPS) is 18.4. The van der Waals surface area contributed by atoms with Gasteiger partial charge in [-0.15, -0.1) is 0 Å². The molecule has 1 saturated heterocycles. The molecule has 0 saturated carbocycles. The van der Waals surface area contributed by atoms with Crippen LogP contribution in [0.25, 0.3) is 0 Å². The van der Waals surface area contributed by atoms with Gasteiger partial charge in [-0.1, -0.05) is 19.8 Å². The van der Waals surface area contributed by atoms with Crippen molar-refractivity contribution in [2.24, 2.45) is 0 Å². The SMILES string of the molecule is CCCNC(CCN1CCCCCC1)c1ccc(F)cn1. The molecule has 1 atom stereocenters. The quantitative estimate of drug-likeness (QED) is 0.833. The van der Waals surface area contributed by atoms with Gasteiger partial charge >= 0.3 is 0 Å². The molecule has 1 aromatic heterocycles. The van der Waals surface area contributed by atoms with Gasteiger partial charge in [0.1, 0.15) is 5.82 Å². The maximum Gasteiger partial charge on any atom is 0.141 e.